The maximum absolute atomic E-state index is 5.90. The van der Waals surface area contributed by atoms with Crippen molar-refractivity contribution in [1.29, 1.82) is 0 Å². The molecule has 1 N–H and O–H groups in total. The van der Waals surface area contributed by atoms with Crippen LogP contribution in [0.2, 0.25) is 0 Å². The van der Waals surface area contributed by atoms with Crippen molar-refractivity contribution in [1.82, 2.24) is 5.32 Å². The Morgan fingerprint density at radius 1 is 1.47 bits per heavy atom. The summed E-state index contributed by atoms with van der Waals surface area (Å²) in [6.07, 6.45) is 2.21. The average molecular weight is 263 g/mol. The summed E-state index contributed by atoms with van der Waals surface area (Å²) in [7, 11) is 0. The number of hydrogen-bond donors (Lipinski definition) is 1. The van der Waals surface area contributed by atoms with E-state index in [4.69, 9.17) is 9.47 Å². The van der Waals surface area contributed by atoms with E-state index in [1.807, 2.05) is 6.92 Å². The minimum absolute atomic E-state index is 0.358. The quantitative estimate of drug-likeness (QED) is 0.884. The van der Waals surface area contributed by atoms with E-state index >= 15 is 0 Å². The van der Waals surface area contributed by atoms with Gasteiger partial charge in [0.2, 0.25) is 0 Å². The molecule has 19 heavy (non-hydrogen) atoms. The molecule has 0 saturated carbocycles. The summed E-state index contributed by atoms with van der Waals surface area (Å²) in [5.41, 5.74) is 2.52. The highest BCUT2D eigenvalue weighted by atomic mass is 16.5. The van der Waals surface area contributed by atoms with Gasteiger partial charge in [-0.05, 0) is 39.2 Å². The molecule has 2 unspecified atom stereocenters. The predicted octanol–water partition coefficient (Wildman–Crippen LogP) is 3.22. The van der Waals surface area contributed by atoms with Crippen molar-refractivity contribution in [3.8, 4) is 5.75 Å². The molecule has 1 aliphatic rings. The molecule has 1 aliphatic heterocycles. The molecule has 1 aromatic carbocycles. The molecule has 0 radical (unpaired) electrons. The number of hydrogen-bond acceptors (Lipinski definition) is 3. The third kappa shape index (κ3) is 3.71. The molecule has 0 amide bonds. The van der Waals surface area contributed by atoms with Gasteiger partial charge >= 0.3 is 0 Å². The first kappa shape index (κ1) is 14.4. The second-order valence-electron chi connectivity index (χ2n) is 5.26. The van der Waals surface area contributed by atoms with Gasteiger partial charge in [0.25, 0.3) is 0 Å². The van der Waals surface area contributed by atoms with Crippen LogP contribution in [0.4, 0.5) is 0 Å². The highest BCUT2D eigenvalue weighted by Gasteiger charge is 2.22. The molecule has 0 aliphatic carbocycles. The number of rotatable bonds is 5. The van der Waals surface area contributed by atoms with E-state index in [1.54, 1.807) is 0 Å². The lowest BCUT2D eigenvalue weighted by Gasteiger charge is -2.23. The Balaban J connectivity index is 2.11. The van der Waals surface area contributed by atoms with Gasteiger partial charge in [0.15, 0.2) is 0 Å². The number of para-hydroxylation sites is 1. The summed E-state index contributed by atoms with van der Waals surface area (Å²) in [5.74, 6) is 1.07. The Kier molecular flexibility index (Phi) is 5.23. The molecular formula is C16H25NO2. The third-order valence-electron chi connectivity index (χ3n) is 3.56. The van der Waals surface area contributed by atoms with Crippen LogP contribution >= 0.6 is 0 Å². The Morgan fingerprint density at radius 3 is 3.11 bits per heavy atom. The van der Waals surface area contributed by atoms with E-state index < -0.39 is 0 Å². The zero-order valence-corrected chi connectivity index (χ0v) is 12.2. The summed E-state index contributed by atoms with van der Waals surface area (Å²) < 4.78 is 11.4. The van der Waals surface area contributed by atoms with Gasteiger partial charge in [0.1, 0.15) is 5.75 Å². The van der Waals surface area contributed by atoms with Crippen LogP contribution in [-0.2, 0) is 4.74 Å². The summed E-state index contributed by atoms with van der Waals surface area (Å²) in [4.78, 5) is 0. The fraction of sp³-hybridized carbons (Fsp3) is 0.625. The molecule has 3 heteroatoms. The molecule has 0 bridgehead atoms. The average Bonchev–Trinajstić information content (AvgIpc) is 2.60. The first-order valence-corrected chi connectivity index (χ1v) is 7.28. The zero-order chi connectivity index (χ0) is 13.7. The number of fused-ring (bicyclic) bond motifs is 1. The zero-order valence-electron chi connectivity index (χ0n) is 12.2. The molecule has 1 aromatic rings. The molecule has 106 valence electrons. The van der Waals surface area contributed by atoms with Crippen molar-refractivity contribution in [3.05, 3.63) is 29.3 Å². The van der Waals surface area contributed by atoms with E-state index in [0.29, 0.717) is 12.1 Å². The highest BCUT2D eigenvalue weighted by molar-refractivity contribution is 5.43. The second kappa shape index (κ2) is 6.92. The molecule has 2 atom stereocenters. The normalized spacial score (nSPS) is 20.3. The first-order valence-electron chi connectivity index (χ1n) is 7.28. The second-order valence-corrected chi connectivity index (χ2v) is 5.26. The number of nitrogens with one attached hydrogen (secondary N) is 1. The van der Waals surface area contributed by atoms with Gasteiger partial charge in [-0.3, -0.25) is 0 Å². The van der Waals surface area contributed by atoms with Crippen LogP contribution in [0.3, 0.4) is 0 Å². The van der Waals surface area contributed by atoms with Crippen LogP contribution in [0.1, 0.15) is 43.9 Å². The van der Waals surface area contributed by atoms with Crippen molar-refractivity contribution in [2.75, 3.05) is 19.8 Å². The fourth-order valence-corrected chi connectivity index (χ4v) is 2.62. The summed E-state index contributed by atoms with van der Waals surface area (Å²) in [5, 5.41) is 3.67. The van der Waals surface area contributed by atoms with Gasteiger partial charge in [-0.1, -0.05) is 18.2 Å². The van der Waals surface area contributed by atoms with Crippen LogP contribution in [-0.4, -0.2) is 25.9 Å². The number of aryl methyl sites for hydroxylation is 1. The maximum Gasteiger partial charge on any atom is 0.126 e. The molecule has 0 saturated heterocycles. The smallest absolute Gasteiger partial charge is 0.126 e. The van der Waals surface area contributed by atoms with E-state index in [0.717, 1.165) is 38.4 Å². The minimum Gasteiger partial charge on any atom is -0.493 e. The van der Waals surface area contributed by atoms with Crippen LogP contribution in [0.5, 0.6) is 5.75 Å². The summed E-state index contributed by atoms with van der Waals surface area (Å²) in [6.45, 7) is 8.67. The molecule has 3 nitrogen and oxygen atoms in total. The molecular weight excluding hydrogens is 238 g/mol. The van der Waals surface area contributed by atoms with Crippen LogP contribution in [0.25, 0.3) is 0 Å². The van der Waals surface area contributed by atoms with Gasteiger partial charge in [-0.15, -0.1) is 0 Å². The van der Waals surface area contributed by atoms with Gasteiger partial charge in [-0.2, -0.15) is 0 Å². The van der Waals surface area contributed by atoms with Crippen molar-refractivity contribution in [2.45, 2.75) is 45.7 Å². The topological polar surface area (TPSA) is 30.5 Å². The maximum atomic E-state index is 5.90. The van der Waals surface area contributed by atoms with Gasteiger partial charge < -0.3 is 14.8 Å². The lowest BCUT2D eigenvalue weighted by molar-refractivity contribution is 0.123. The monoisotopic (exact) mass is 263 g/mol. The van der Waals surface area contributed by atoms with E-state index in [9.17, 15) is 0 Å². The third-order valence-corrected chi connectivity index (χ3v) is 3.56. The molecule has 0 spiro atoms. The summed E-state index contributed by atoms with van der Waals surface area (Å²) >= 11 is 0. The van der Waals surface area contributed by atoms with E-state index in [-0.39, 0.29) is 0 Å². The standard InChI is InChI=1S/C16H25NO2/c1-4-18-11-13(3)17-15-9-6-10-19-16-12(2)7-5-8-14(15)16/h5,7-8,13,15,17H,4,6,9-11H2,1-3H3. The highest BCUT2D eigenvalue weighted by Crippen LogP contribution is 2.34. The Labute approximate surface area is 116 Å². The minimum atomic E-state index is 0.358. The lowest BCUT2D eigenvalue weighted by atomic mass is 9.99. The van der Waals surface area contributed by atoms with Gasteiger partial charge in [0.05, 0.1) is 13.2 Å². The fourth-order valence-electron chi connectivity index (χ4n) is 2.62. The van der Waals surface area contributed by atoms with Crippen LogP contribution < -0.4 is 10.1 Å². The Morgan fingerprint density at radius 2 is 2.32 bits per heavy atom. The van der Waals surface area contributed by atoms with Crippen molar-refractivity contribution in [3.63, 3.8) is 0 Å². The molecule has 0 aromatic heterocycles. The van der Waals surface area contributed by atoms with Gasteiger partial charge in [0, 0.05) is 24.3 Å². The number of benzene rings is 1. The van der Waals surface area contributed by atoms with Crippen molar-refractivity contribution < 1.29 is 9.47 Å². The largest absolute Gasteiger partial charge is 0.493 e. The summed E-state index contributed by atoms with van der Waals surface area (Å²) in [6, 6.07) is 7.14. The van der Waals surface area contributed by atoms with Gasteiger partial charge in [-0.25, -0.2) is 0 Å². The Hall–Kier alpha value is -1.06. The van der Waals surface area contributed by atoms with Crippen molar-refractivity contribution in [2.24, 2.45) is 0 Å². The van der Waals surface area contributed by atoms with E-state index in [2.05, 4.69) is 37.4 Å². The van der Waals surface area contributed by atoms with Crippen LogP contribution in [0, 0.1) is 6.92 Å². The van der Waals surface area contributed by atoms with Crippen molar-refractivity contribution >= 4 is 0 Å². The predicted molar refractivity (Wildman–Crippen MR) is 77.7 cm³/mol. The Bertz CT molecular complexity index is 406. The van der Waals surface area contributed by atoms with E-state index in [1.165, 1.54) is 11.1 Å². The lowest BCUT2D eigenvalue weighted by Crippen LogP contribution is -2.34. The first-order chi connectivity index (χ1) is 9.22. The molecule has 1 heterocycles. The van der Waals surface area contributed by atoms with Crippen LogP contribution in [0.15, 0.2) is 18.2 Å². The molecule has 2 rings (SSSR count). The SMILES string of the molecule is CCOCC(C)NC1CCCOc2c(C)cccc21. The number of ether oxygens (including phenoxy) is 2. The molecule has 0 fully saturated rings.